The Hall–Kier alpha value is -1.64. The zero-order chi connectivity index (χ0) is 12.8. The monoisotopic (exact) mass is 235 g/mol. The highest BCUT2D eigenvalue weighted by molar-refractivity contribution is 5.76. The maximum Gasteiger partial charge on any atom is 0.131 e. The zero-order valence-electron chi connectivity index (χ0n) is 10.3. The summed E-state index contributed by atoms with van der Waals surface area (Å²) >= 11 is 0. The van der Waals surface area contributed by atoms with Gasteiger partial charge in [-0.15, -0.1) is 0 Å². The van der Waals surface area contributed by atoms with E-state index in [0.717, 1.165) is 5.70 Å². The van der Waals surface area contributed by atoms with Gasteiger partial charge in [-0.25, -0.2) is 4.39 Å². The maximum absolute atomic E-state index is 13.5. The third-order valence-corrected chi connectivity index (χ3v) is 2.41. The second-order valence-electron chi connectivity index (χ2n) is 4.32. The Morgan fingerprint density at radius 1 is 1.41 bits per heavy atom. The fourth-order valence-corrected chi connectivity index (χ4v) is 1.80. The van der Waals surface area contributed by atoms with Crippen LogP contribution < -0.4 is 5.32 Å². The van der Waals surface area contributed by atoms with Crippen molar-refractivity contribution in [1.82, 2.24) is 5.32 Å². The van der Waals surface area contributed by atoms with Gasteiger partial charge in [0.05, 0.1) is 0 Å². The van der Waals surface area contributed by atoms with Crippen LogP contribution in [0, 0.1) is 5.82 Å². The fraction of sp³-hybridized carbons (Fsp3) is 0.357. The molecule has 0 spiro atoms. The SMILES string of the molecule is C=C(C)N[C@@H](CC(C)=O)Cc1ccccc1F. The Balaban J connectivity index is 2.75. The van der Waals surface area contributed by atoms with Gasteiger partial charge in [0, 0.05) is 18.2 Å². The number of hydrogen-bond donors (Lipinski definition) is 1. The number of allylic oxidation sites excluding steroid dienone is 1. The number of hydrogen-bond acceptors (Lipinski definition) is 2. The van der Waals surface area contributed by atoms with Crippen molar-refractivity contribution in [3.8, 4) is 0 Å². The molecule has 0 aliphatic carbocycles. The van der Waals surface area contributed by atoms with Gasteiger partial charge in [0.25, 0.3) is 0 Å². The van der Waals surface area contributed by atoms with E-state index >= 15 is 0 Å². The predicted octanol–water partition coefficient (Wildman–Crippen LogP) is 2.84. The van der Waals surface area contributed by atoms with Crippen LogP contribution in [-0.4, -0.2) is 11.8 Å². The van der Waals surface area contributed by atoms with Crippen molar-refractivity contribution in [2.24, 2.45) is 0 Å². The molecule has 1 rings (SSSR count). The first-order chi connectivity index (χ1) is 7.99. The summed E-state index contributed by atoms with van der Waals surface area (Å²) in [6.07, 6.45) is 0.861. The second-order valence-corrected chi connectivity index (χ2v) is 4.32. The van der Waals surface area contributed by atoms with Crippen molar-refractivity contribution in [3.63, 3.8) is 0 Å². The molecular weight excluding hydrogens is 217 g/mol. The van der Waals surface area contributed by atoms with Gasteiger partial charge in [0.1, 0.15) is 11.6 Å². The highest BCUT2D eigenvalue weighted by atomic mass is 19.1. The van der Waals surface area contributed by atoms with Crippen molar-refractivity contribution in [2.75, 3.05) is 0 Å². The summed E-state index contributed by atoms with van der Waals surface area (Å²) in [6.45, 7) is 7.11. The molecular formula is C14H18FNO. The minimum absolute atomic E-state index is 0.0834. The quantitative estimate of drug-likeness (QED) is 0.821. The Morgan fingerprint density at radius 3 is 2.59 bits per heavy atom. The lowest BCUT2D eigenvalue weighted by Crippen LogP contribution is -2.31. The van der Waals surface area contributed by atoms with Gasteiger partial charge in [-0.3, -0.25) is 4.79 Å². The van der Waals surface area contributed by atoms with Crippen LogP contribution in [0.5, 0.6) is 0 Å². The van der Waals surface area contributed by atoms with Crippen LogP contribution >= 0.6 is 0 Å². The largest absolute Gasteiger partial charge is 0.386 e. The molecule has 1 aromatic rings. The van der Waals surface area contributed by atoms with Gasteiger partial charge in [0.15, 0.2) is 0 Å². The van der Waals surface area contributed by atoms with E-state index in [-0.39, 0.29) is 17.6 Å². The van der Waals surface area contributed by atoms with E-state index in [1.54, 1.807) is 18.2 Å². The van der Waals surface area contributed by atoms with Crippen LogP contribution in [0.1, 0.15) is 25.8 Å². The van der Waals surface area contributed by atoms with Crippen molar-refractivity contribution in [1.29, 1.82) is 0 Å². The highest BCUT2D eigenvalue weighted by Crippen LogP contribution is 2.11. The smallest absolute Gasteiger partial charge is 0.131 e. The molecule has 0 unspecified atom stereocenters. The topological polar surface area (TPSA) is 29.1 Å². The molecule has 1 N–H and O–H groups in total. The molecule has 0 aliphatic rings. The number of carbonyl (C=O) groups excluding carboxylic acids is 1. The molecule has 3 heteroatoms. The third-order valence-electron chi connectivity index (χ3n) is 2.41. The number of benzene rings is 1. The Kier molecular flexibility index (Phi) is 4.88. The average Bonchev–Trinajstić information content (AvgIpc) is 2.19. The summed E-state index contributed by atoms with van der Waals surface area (Å²) in [5, 5.41) is 3.10. The van der Waals surface area contributed by atoms with Crippen molar-refractivity contribution >= 4 is 5.78 Å². The summed E-state index contributed by atoms with van der Waals surface area (Å²) in [6, 6.07) is 6.53. The lowest BCUT2D eigenvalue weighted by Gasteiger charge is -2.19. The second kappa shape index (κ2) is 6.18. The lowest BCUT2D eigenvalue weighted by molar-refractivity contribution is -0.117. The highest BCUT2D eigenvalue weighted by Gasteiger charge is 2.13. The molecule has 1 atom stereocenters. The number of nitrogens with one attached hydrogen (secondary N) is 1. The first-order valence-corrected chi connectivity index (χ1v) is 5.64. The van der Waals surface area contributed by atoms with E-state index in [4.69, 9.17) is 0 Å². The Morgan fingerprint density at radius 2 is 2.06 bits per heavy atom. The van der Waals surface area contributed by atoms with E-state index in [2.05, 4.69) is 11.9 Å². The Bertz CT molecular complexity index is 398. The fourth-order valence-electron chi connectivity index (χ4n) is 1.80. The average molecular weight is 235 g/mol. The Labute approximate surface area is 102 Å². The molecule has 0 bridgehead atoms. The molecule has 0 aromatic heterocycles. The van der Waals surface area contributed by atoms with Gasteiger partial charge in [-0.2, -0.15) is 0 Å². The molecule has 0 saturated heterocycles. The molecule has 17 heavy (non-hydrogen) atoms. The third kappa shape index (κ3) is 4.81. The summed E-state index contributed by atoms with van der Waals surface area (Å²) in [5.41, 5.74) is 1.40. The van der Waals surface area contributed by atoms with Crippen molar-refractivity contribution in [3.05, 3.63) is 47.9 Å². The maximum atomic E-state index is 13.5. The van der Waals surface area contributed by atoms with Crippen molar-refractivity contribution < 1.29 is 9.18 Å². The molecule has 2 nitrogen and oxygen atoms in total. The molecule has 0 amide bonds. The van der Waals surface area contributed by atoms with Crippen LogP contribution in [-0.2, 0) is 11.2 Å². The molecule has 0 aliphatic heterocycles. The van der Waals surface area contributed by atoms with Crippen LogP contribution in [0.4, 0.5) is 4.39 Å². The minimum Gasteiger partial charge on any atom is -0.386 e. The first kappa shape index (κ1) is 13.4. The van der Waals surface area contributed by atoms with Crippen molar-refractivity contribution in [2.45, 2.75) is 32.7 Å². The van der Waals surface area contributed by atoms with Gasteiger partial charge >= 0.3 is 0 Å². The summed E-state index contributed by atoms with van der Waals surface area (Å²) in [5.74, 6) is -0.148. The standard InChI is InChI=1S/C14H18FNO/c1-10(2)16-13(8-11(3)17)9-12-6-4-5-7-14(12)15/h4-7,13,16H,1,8-9H2,2-3H3/t13-/m0/s1. The van der Waals surface area contributed by atoms with E-state index in [1.165, 1.54) is 13.0 Å². The van der Waals surface area contributed by atoms with Crippen LogP contribution in [0.15, 0.2) is 36.5 Å². The molecule has 0 fully saturated rings. The van der Waals surface area contributed by atoms with E-state index < -0.39 is 0 Å². The van der Waals surface area contributed by atoms with Gasteiger partial charge in [0.2, 0.25) is 0 Å². The summed E-state index contributed by atoms with van der Waals surface area (Å²) in [4.78, 5) is 11.1. The number of halogens is 1. The summed E-state index contributed by atoms with van der Waals surface area (Å²) in [7, 11) is 0. The normalized spacial score (nSPS) is 11.9. The van der Waals surface area contributed by atoms with E-state index in [0.29, 0.717) is 18.4 Å². The number of ketones is 1. The molecule has 0 heterocycles. The van der Waals surface area contributed by atoms with Gasteiger partial charge in [-0.1, -0.05) is 24.8 Å². The first-order valence-electron chi connectivity index (χ1n) is 5.64. The van der Waals surface area contributed by atoms with Crippen LogP contribution in [0.3, 0.4) is 0 Å². The molecule has 92 valence electrons. The predicted molar refractivity (Wildman–Crippen MR) is 67.1 cm³/mol. The lowest BCUT2D eigenvalue weighted by atomic mass is 10.0. The molecule has 0 saturated carbocycles. The van der Waals surface area contributed by atoms with Gasteiger partial charge < -0.3 is 5.32 Å². The van der Waals surface area contributed by atoms with E-state index in [1.807, 2.05) is 6.92 Å². The van der Waals surface area contributed by atoms with E-state index in [9.17, 15) is 9.18 Å². The number of Topliss-reactive ketones (excluding diaryl/α,β-unsaturated/α-hetero) is 1. The number of rotatable bonds is 6. The van der Waals surface area contributed by atoms with Gasteiger partial charge in [-0.05, 0) is 31.9 Å². The summed E-state index contributed by atoms with van der Waals surface area (Å²) < 4.78 is 13.5. The van der Waals surface area contributed by atoms with Crippen LogP contribution in [0.25, 0.3) is 0 Å². The van der Waals surface area contributed by atoms with Crippen LogP contribution in [0.2, 0.25) is 0 Å². The number of carbonyl (C=O) groups is 1. The molecule has 0 radical (unpaired) electrons. The molecule has 1 aromatic carbocycles. The zero-order valence-corrected chi connectivity index (χ0v) is 10.3. The minimum atomic E-state index is -0.232.